The maximum atomic E-state index is 13.0. The van der Waals surface area contributed by atoms with E-state index >= 15 is 0 Å². The lowest BCUT2D eigenvalue weighted by atomic mass is 9.79. The van der Waals surface area contributed by atoms with Crippen molar-refractivity contribution in [2.75, 3.05) is 0 Å². The van der Waals surface area contributed by atoms with Crippen LogP contribution in [0, 0.1) is 5.92 Å². The van der Waals surface area contributed by atoms with Crippen LogP contribution in [0.5, 0.6) is 0 Å². The standard InChI is InChI=1S/C20H16OS2/c21-23-17-11-15(13-7-3-1-4-8-13)20(23)18-16(12-22-19(17)18)14-9-5-2-6-10-14/h1-12,17-20H/t17-,18+,19+,20+,23?/m1/s1. The van der Waals surface area contributed by atoms with Crippen molar-refractivity contribution in [3.05, 3.63) is 83.3 Å². The summed E-state index contributed by atoms with van der Waals surface area (Å²) in [5.74, 6) is 0.383. The lowest BCUT2D eigenvalue weighted by Gasteiger charge is -2.25. The Bertz CT molecular complexity index is 838. The van der Waals surface area contributed by atoms with Crippen molar-refractivity contribution in [3.8, 4) is 0 Å². The van der Waals surface area contributed by atoms with Gasteiger partial charge in [-0.2, -0.15) is 0 Å². The predicted octanol–water partition coefficient (Wildman–Crippen LogP) is 4.36. The molecule has 3 heterocycles. The Morgan fingerprint density at radius 3 is 2.09 bits per heavy atom. The van der Waals surface area contributed by atoms with E-state index in [1.54, 1.807) is 0 Å². The van der Waals surface area contributed by atoms with E-state index in [9.17, 15) is 4.21 Å². The second-order valence-electron chi connectivity index (χ2n) is 6.27. The van der Waals surface area contributed by atoms with Gasteiger partial charge in [0.1, 0.15) is 0 Å². The number of benzene rings is 2. The third kappa shape index (κ3) is 1.96. The first-order valence-corrected chi connectivity index (χ1v) is 10.1. The molecule has 0 amide bonds. The van der Waals surface area contributed by atoms with Crippen LogP contribution in [0.3, 0.4) is 0 Å². The maximum absolute atomic E-state index is 13.0. The summed E-state index contributed by atoms with van der Waals surface area (Å²) < 4.78 is 13.0. The van der Waals surface area contributed by atoms with Crippen LogP contribution in [0.15, 0.2) is 72.1 Å². The smallest absolute Gasteiger partial charge is 0.0686 e. The fourth-order valence-corrected chi connectivity index (χ4v) is 8.14. The van der Waals surface area contributed by atoms with Gasteiger partial charge in [-0.25, -0.2) is 0 Å². The summed E-state index contributed by atoms with van der Waals surface area (Å²) in [6.45, 7) is 0. The molecule has 0 aliphatic carbocycles. The van der Waals surface area contributed by atoms with Gasteiger partial charge in [-0.1, -0.05) is 66.7 Å². The van der Waals surface area contributed by atoms with Gasteiger partial charge in [-0.05, 0) is 27.7 Å². The number of hydrogen-bond acceptors (Lipinski definition) is 2. The molecule has 2 bridgehead atoms. The Morgan fingerprint density at radius 2 is 1.43 bits per heavy atom. The summed E-state index contributed by atoms with van der Waals surface area (Å²) >= 11 is 1.88. The topological polar surface area (TPSA) is 17.1 Å². The van der Waals surface area contributed by atoms with Crippen molar-refractivity contribution < 1.29 is 4.21 Å². The summed E-state index contributed by atoms with van der Waals surface area (Å²) in [4.78, 5) is 0. The van der Waals surface area contributed by atoms with Crippen LogP contribution in [0.25, 0.3) is 11.1 Å². The van der Waals surface area contributed by atoms with Crippen LogP contribution < -0.4 is 0 Å². The van der Waals surface area contributed by atoms with Crippen LogP contribution in [0.1, 0.15) is 11.1 Å². The van der Waals surface area contributed by atoms with Crippen LogP contribution in [0.2, 0.25) is 0 Å². The number of fused-ring (bicyclic) bond motifs is 5. The molecule has 0 aromatic heterocycles. The zero-order valence-corrected chi connectivity index (χ0v) is 14.1. The highest BCUT2D eigenvalue weighted by molar-refractivity contribution is 8.04. The van der Waals surface area contributed by atoms with E-state index in [-0.39, 0.29) is 10.5 Å². The molecule has 3 aliphatic rings. The Labute approximate surface area is 143 Å². The highest BCUT2D eigenvalue weighted by atomic mass is 32.2. The summed E-state index contributed by atoms with van der Waals surface area (Å²) in [7, 11) is -0.789. The van der Waals surface area contributed by atoms with Gasteiger partial charge in [-0.3, -0.25) is 4.21 Å². The average Bonchev–Trinajstić information content (AvgIpc) is 3.26. The molecule has 1 unspecified atom stereocenters. The molecule has 5 atom stereocenters. The molecular formula is C20H16OS2. The van der Waals surface area contributed by atoms with E-state index in [2.05, 4.69) is 66.1 Å². The summed E-state index contributed by atoms with van der Waals surface area (Å²) in [6.07, 6.45) is 2.28. The minimum absolute atomic E-state index is 0.147. The largest absolute Gasteiger partial charge is 0.258 e. The zero-order valence-electron chi connectivity index (χ0n) is 12.5. The fraction of sp³-hybridized carbons (Fsp3) is 0.200. The minimum atomic E-state index is -0.789. The van der Waals surface area contributed by atoms with E-state index in [1.807, 2.05) is 17.8 Å². The van der Waals surface area contributed by atoms with Crippen LogP contribution in [-0.4, -0.2) is 20.0 Å². The number of thioether (sulfide) groups is 1. The van der Waals surface area contributed by atoms with Gasteiger partial charge in [0.05, 0.1) is 10.5 Å². The average molecular weight is 336 g/mol. The molecule has 2 aromatic carbocycles. The summed E-state index contributed by atoms with van der Waals surface area (Å²) in [5.41, 5.74) is 5.18. The first-order valence-electron chi connectivity index (χ1n) is 7.92. The monoisotopic (exact) mass is 336 g/mol. The highest BCUT2D eigenvalue weighted by Gasteiger charge is 2.57. The van der Waals surface area contributed by atoms with Gasteiger partial charge in [0.2, 0.25) is 0 Å². The second kappa shape index (κ2) is 5.22. The van der Waals surface area contributed by atoms with Crippen molar-refractivity contribution in [2.45, 2.75) is 15.7 Å². The number of hydrogen-bond donors (Lipinski definition) is 0. The Balaban J connectivity index is 1.58. The molecule has 1 fully saturated rings. The molecule has 3 heteroatoms. The second-order valence-corrected chi connectivity index (χ2v) is 9.03. The molecule has 114 valence electrons. The third-order valence-electron chi connectivity index (χ3n) is 5.10. The van der Waals surface area contributed by atoms with Crippen LogP contribution >= 0.6 is 11.8 Å². The predicted molar refractivity (Wildman–Crippen MR) is 99.4 cm³/mol. The van der Waals surface area contributed by atoms with Gasteiger partial charge in [-0.15, -0.1) is 11.8 Å². The van der Waals surface area contributed by atoms with Crippen LogP contribution in [0.4, 0.5) is 0 Å². The van der Waals surface area contributed by atoms with Crippen LogP contribution in [-0.2, 0) is 10.8 Å². The van der Waals surface area contributed by atoms with E-state index in [1.165, 1.54) is 22.3 Å². The van der Waals surface area contributed by atoms with Gasteiger partial charge in [0, 0.05) is 22.0 Å². The highest BCUT2D eigenvalue weighted by Crippen LogP contribution is 2.58. The molecule has 3 aliphatic heterocycles. The van der Waals surface area contributed by atoms with E-state index < -0.39 is 10.8 Å². The lowest BCUT2D eigenvalue weighted by Crippen LogP contribution is -2.26. The van der Waals surface area contributed by atoms with Gasteiger partial charge in [0.15, 0.2) is 0 Å². The molecule has 5 rings (SSSR count). The number of rotatable bonds is 2. The van der Waals surface area contributed by atoms with E-state index in [4.69, 9.17) is 0 Å². The number of allylic oxidation sites excluding steroid dienone is 1. The van der Waals surface area contributed by atoms with Gasteiger partial charge in [0.25, 0.3) is 0 Å². The van der Waals surface area contributed by atoms with E-state index in [0.29, 0.717) is 11.2 Å². The SMILES string of the molecule is O=S1[C@@H]2C=C(c3ccccc3)[C@H]1[C@H]1C(c3ccccc3)=CS[C@H]12. The summed E-state index contributed by atoms with van der Waals surface area (Å²) in [5, 5.41) is 3.10. The minimum Gasteiger partial charge on any atom is -0.258 e. The van der Waals surface area contributed by atoms with E-state index in [0.717, 1.165) is 0 Å². The molecule has 23 heavy (non-hydrogen) atoms. The fourth-order valence-electron chi connectivity index (χ4n) is 4.09. The Morgan fingerprint density at radius 1 is 0.826 bits per heavy atom. The molecule has 1 nitrogen and oxygen atoms in total. The summed E-state index contributed by atoms with van der Waals surface area (Å²) in [6, 6.07) is 21.1. The van der Waals surface area contributed by atoms with Crippen molar-refractivity contribution in [1.82, 2.24) is 0 Å². The van der Waals surface area contributed by atoms with Crippen molar-refractivity contribution >= 4 is 33.7 Å². The van der Waals surface area contributed by atoms with Gasteiger partial charge >= 0.3 is 0 Å². The molecule has 0 spiro atoms. The third-order valence-corrected chi connectivity index (χ3v) is 8.57. The first-order chi connectivity index (χ1) is 11.3. The molecule has 0 saturated carbocycles. The van der Waals surface area contributed by atoms with Gasteiger partial charge < -0.3 is 0 Å². The maximum Gasteiger partial charge on any atom is 0.0686 e. The molecule has 1 saturated heterocycles. The quantitative estimate of drug-likeness (QED) is 0.811. The normalized spacial score (nSPS) is 34.2. The zero-order chi connectivity index (χ0) is 15.4. The lowest BCUT2D eigenvalue weighted by molar-refractivity contribution is 0.679. The molecule has 0 N–H and O–H groups in total. The first kappa shape index (κ1) is 13.8. The Hall–Kier alpha value is -1.58. The Kier molecular flexibility index (Phi) is 3.14. The molecule has 0 radical (unpaired) electrons. The van der Waals surface area contributed by atoms with Crippen molar-refractivity contribution in [2.24, 2.45) is 5.92 Å². The van der Waals surface area contributed by atoms with Crippen molar-refractivity contribution in [1.29, 1.82) is 0 Å². The molecular weight excluding hydrogens is 320 g/mol. The molecule has 2 aromatic rings. The van der Waals surface area contributed by atoms with Crippen molar-refractivity contribution in [3.63, 3.8) is 0 Å².